The second kappa shape index (κ2) is 6.88. The highest BCUT2D eigenvalue weighted by Gasteiger charge is 2.24. The molecular weight excluding hydrogens is 252 g/mol. The Balaban J connectivity index is 2.34. The molecular formula is C15H26N4O. The van der Waals surface area contributed by atoms with Crippen LogP contribution in [0.2, 0.25) is 0 Å². The van der Waals surface area contributed by atoms with E-state index >= 15 is 0 Å². The maximum Gasteiger partial charge on any atom is 0.137 e. The van der Waals surface area contributed by atoms with Crippen LogP contribution in [0.5, 0.6) is 0 Å². The lowest BCUT2D eigenvalue weighted by Crippen LogP contribution is -2.40. The molecule has 0 aliphatic heterocycles. The van der Waals surface area contributed by atoms with Crippen LogP contribution in [0.3, 0.4) is 0 Å². The van der Waals surface area contributed by atoms with Crippen molar-refractivity contribution in [3.8, 4) is 0 Å². The molecule has 1 aliphatic rings. The molecule has 1 aromatic rings. The van der Waals surface area contributed by atoms with Gasteiger partial charge in [0.2, 0.25) is 0 Å². The summed E-state index contributed by atoms with van der Waals surface area (Å²) in [5.74, 6) is 2.25. The van der Waals surface area contributed by atoms with Crippen LogP contribution < -0.4 is 10.6 Å². The van der Waals surface area contributed by atoms with Crippen LogP contribution in [-0.4, -0.2) is 34.3 Å². The summed E-state index contributed by atoms with van der Waals surface area (Å²) in [5, 5.41) is 9.40. The van der Waals surface area contributed by atoms with Crippen LogP contribution in [0, 0.1) is 6.92 Å². The highest BCUT2D eigenvalue weighted by molar-refractivity contribution is 5.57. The Kier molecular flexibility index (Phi) is 5.17. The minimum Gasteiger partial charge on any atom is -0.395 e. The van der Waals surface area contributed by atoms with Crippen LogP contribution in [-0.2, 0) is 6.42 Å². The first-order valence-corrected chi connectivity index (χ1v) is 7.67. The third-order valence-corrected chi connectivity index (χ3v) is 4.15. The van der Waals surface area contributed by atoms with Gasteiger partial charge in [-0.3, -0.25) is 0 Å². The first-order valence-electron chi connectivity index (χ1n) is 7.67. The second-order valence-electron chi connectivity index (χ2n) is 5.54. The van der Waals surface area contributed by atoms with E-state index in [0.717, 1.165) is 23.6 Å². The number of aryl methyl sites for hydroxylation is 1. The summed E-state index contributed by atoms with van der Waals surface area (Å²) in [6, 6.07) is 0.466. The minimum atomic E-state index is 0.140. The van der Waals surface area contributed by atoms with Crippen LogP contribution in [0.25, 0.3) is 0 Å². The smallest absolute Gasteiger partial charge is 0.137 e. The van der Waals surface area contributed by atoms with Gasteiger partial charge in [0.15, 0.2) is 0 Å². The summed E-state index contributed by atoms with van der Waals surface area (Å²) in [6.45, 7) is 4.76. The van der Waals surface area contributed by atoms with Crippen molar-refractivity contribution in [1.82, 2.24) is 9.97 Å². The molecule has 0 unspecified atom stereocenters. The number of aliphatic hydroxyl groups excluding tert-OH is 1. The molecule has 5 nitrogen and oxygen atoms in total. The Morgan fingerprint density at radius 1 is 1.25 bits per heavy atom. The lowest BCUT2D eigenvalue weighted by atomic mass is 9.94. The maximum absolute atomic E-state index is 9.40. The summed E-state index contributed by atoms with van der Waals surface area (Å²) in [6.07, 6.45) is 6.94. The number of nitrogens with zero attached hydrogens (tertiary/aromatic N) is 3. The van der Waals surface area contributed by atoms with Crippen molar-refractivity contribution in [2.24, 2.45) is 0 Å². The molecule has 1 saturated carbocycles. The summed E-state index contributed by atoms with van der Waals surface area (Å²) in [7, 11) is 0. The number of aliphatic hydroxyl groups is 1. The van der Waals surface area contributed by atoms with E-state index < -0.39 is 0 Å². The summed E-state index contributed by atoms with van der Waals surface area (Å²) in [5.41, 5.74) is 6.95. The van der Waals surface area contributed by atoms with Gasteiger partial charge in [-0.15, -0.1) is 0 Å². The first kappa shape index (κ1) is 15.0. The Morgan fingerprint density at radius 2 is 1.95 bits per heavy atom. The van der Waals surface area contributed by atoms with Crippen molar-refractivity contribution in [3.63, 3.8) is 0 Å². The standard InChI is InChI=1S/C15H26N4O/c1-3-13-17-14(16)11(2)15(18-13)19(9-10-20)12-7-5-4-6-8-12/h12,20H,3-10H2,1-2H3,(H2,16,17,18). The van der Waals surface area contributed by atoms with E-state index in [1.54, 1.807) is 0 Å². The topological polar surface area (TPSA) is 75.3 Å². The summed E-state index contributed by atoms with van der Waals surface area (Å²) < 4.78 is 0. The zero-order valence-electron chi connectivity index (χ0n) is 12.6. The molecule has 1 fully saturated rings. The van der Waals surface area contributed by atoms with E-state index in [0.29, 0.717) is 18.4 Å². The van der Waals surface area contributed by atoms with Crippen LogP contribution in [0.4, 0.5) is 11.6 Å². The molecule has 1 aliphatic carbocycles. The third-order valence-electron chi connectivity index (χ3n) is 4.15. The molecule has 1 aromatic heterocycles. The van der Waals surface area contributed by atoms with Gasteiger partial charge < -0.3 is 15.7 Å². The van der Waals surface area contributed by atoms with Crippen LogP contribution in [0.15, 0.2) is 0 Å². The fourth-order valence-electron chi connectivity index (χ4n) is 2.97. The number of nitrogens with two attached hydrogens (primary N) is 1. The monoisotopic (exact) mass is 278 g/mol. The molecule has 2 rings (SSSR count). The van der Waals surface area contributed by atoms with Crippen LogP contribution in [0.1, 0.15) is 50.4 Å². The molecule has 0 atom stereocenters. The quantitative estimate of drug-likeness (QED) is 0.862. The maximum atomic E-state index is 9.40. The molecule has 112 valence electrons. The molecule has 0 amide bonds. The van der Waals surface area contributed by atoms with Crippen molar-refractivity contribution in [2.75, 3.05) is 23.8 Å². The van der Waals surface area contributed by atoms with E-state index in [-0.39, 0.29) is 6.61 Å². The van der Waals surface area contributed by atoms with Crippen molar-refractivity contribution >= 4 is 11.6 Å². The first-order chi connectivity index (χ1) is 9.67. The highest BCUT2D eigenvalue weighted by atomic mass is 16.3. The number of hydrogen-bond acceptors (Lipinski definition) is 5. The van der Waals surface area contributed by atoms with E-state index in [2.05, 4.69) is 14.9 Å². The summed E-state index contributed by atoms with van der Waals surface area (Å²) >= 11 is 0. The van der Waals surface area contributed by atoms with E-state index in [1.807, 2.05) is 13.8 Å². The number of hydrogen-bond donors (Lipinski definition) is 2. The van der Waals surface area contributed by atoms with Crippen molar-refractivity contribution < 1.29 is 5.11 Å². The zero-order chi connectivity index (χ0) is 14.5. The van der Waals surface area contributed by atoms with E-state index in [4.69, 9.17) is 5.73 Å². The van der Waals surface area contributed by atoms with Crippen molar-refractivity contribution in [3.05, 3.63) is 11.4 Å². The SMILES string of the molecule is CCc1nc(N)c(C)c(N(CCO)C2CCCCC2)n1. The fourth-order valence-corrected chi connectivity index (χ4v) is 2.97. The van der Waals surface area contributed by atoms with Gasteiger partial charge in [-0.1, -0.05) is 26.2 Å². The normalized spacial score (nSPS) is 16.4. The average molecular weight is 278 g/mol. The lowest BCUT2D eigenvalue weighted by Gasteiger charge is -2.36. The molecule has 0 radical (unpaired) electrons. The molecule has 20 heavy (non-hydrogen) atoms. The number of nitrogen functional groups attached to an aromatic ring is 1. The molecule has 0 saturated heterocycles. The largest absolute Gasteiger partial charge is 0.395 e. The Bertz CT molecular complexity index is 444. The van der Waals surface area contributed by atoms with E-state index in [1.165, 1.54) is 32.1 Å². The van der Waals surface area contributed by atoms with Crippen LogP contribution >= 0.6 is 0 Å². The van der Waals surface area contributed by atoms with Crippen molar-refractivity contribution in [2.45, 2.75) is 58.4 Å². The molecule has 5 heteroatoms. The minimum absolute atomic E-state index is 0.140. The number of rotatable bonds is 5. The van der Waals surface area contributed by atoms with Gasteiger partial charge in [0, 0.05) is 24.6 Å². The second-order valence-corrected chi connectivity index (χ2v) is 5.54. The Labute approximate surface area is 121 Å². The molecule has 3 N–H and O–H groups in total. The fraction of sp³-hybridized carbons (Fsp3) is 0.733. The van der Waals surface area contributed by atoms with Gasteiger partial charge in [-0.2, -0.15) is 0 Å². The van der Waals surface area contributed by atoms with Gasteiger partial charge >= 0.3 is 0 Å². The van der Waals surface area contributed by atoms with Crippen molar-refractivity contribution in [1.29, 1.82) is 0 Å². The molecule has 0 spiro atoms. The predicted octanol–water partition coefficient (Wildman–Crippen LogP) is 2.06. The van der Waals surface area contributed by atoms with Gasteiger partial charge in [0.25, 0.3) is 0 Å². The van der Waals surface area contributed by atoms with Gasteiger partial charge in [-0.25, -0.2) is 9.97 Å². The average Bonchev–Trinajstić information content (AvgIpc) is 2.48. The Hall–Kier alpha value is -1.36. The van der Waals surface area contributed by atoms with Gasteiger partial charge in [0.05, 0.1) is 6.61 Å². The van der Waals surface area contributed by atoms with E-state index in [9.17, 15) is 5.11 Å². The summed E-state index contributed by atoms with van der Waals surface area (Å²) in [4.78, 5) is 11.2. The molecule has 0 aromatic carbocycles. The number of anilines is 2. The van der Waals surface area contributed by atoms with Gasteiger partial charge in [-0.05, 0) is 19.8 Å². The lowest BCUT2D eigenvalue weighted by molar-refractivity contribution is 0.289. The molecule has 1 heterocycles. The number of aromatic nitrogens is 2. The zero-order valence-corrected chi connectivity index (χ0v) is 12.6. The highest BCUT2D eigenvalue weighted by Crippen LogP contribution is 2.29. The van der Waals surface area contributed by atoms with Gasteiger partial charge in [0.1, 0.15) is 17.5 Å². The Morgan fingerprint density at radius 3 is 2.55 bits per heavy atom. The molecule has 0 bridgehead atoms. The predicted molar refractivity (Wildman–Crippen MR) is 81.9 cm³/mol. The third kappa shape index (κ3) is 3.20.